The van der Waals surface area contributed by atoms with Gasteiger partial charge in [0.1, 0.15) is 0 Å². The molecule has 2 rings (SSSR count). The lowest BCUT2D eigenvalue weighted by atomic mass is 9.97. The van der Waals surface area contributed by atoms with Crippen LogP contribution >= 0.6 is 0 Å². The van der Waals surface area contributed by atoms with Gasteiger partial charge in [-0.15, -0.1) is 0 Å². The summed E-state index contributed by atoms with van der Waals surface area (Å²) in [6.45, 7) is 4.49. The Morgan fingerprint density at radius 3 is 2.46 bits per heavy atom. The molecule has 0 amide bonds. The molecule has 1 aliphatic rings. The van der Waals surface area contributed by atoms with Gasteiger partial charge in [-0.2, -0.15) is 0 Å². The SMILES string of the molecule is CCNC(=NCCc1ccc(OC)c(OC)c1OC)NCCC1=CCCCC1. The third-order valence-corrected chi connectivity index (χ3v) is 4.90. The molecule has 0 saturated carbocycles. The second kappa shape index (κ2) is 12.2. The molecular formula is C22H35N3O3. The average Bonchev–Trinajstić information content (AvgIpc) is 2.73. The Balaban J connectivity index is 1.94. The van der Waals surface area contributed by atoms with Crippen molar-refractivity contribution in [2.75, 3.05) is 41.0 Å². The minimum absolute atomic E-state index is 0.622. The van der Waals surface area contributed by atoms with E-state index >= 15 is 0 Å². The highest BCUT2D eigenvalue weighted by Gasteiger charge is 2.15. The number of allylic oxidation sites excluding steroid dienone is 1. The molecule has 1 aromatic rings. The molecule has 0 atom stereocenters. The number of hydrogen-bond acceptors (Lipinski definition) is 4. The second-order valence-corrected chi connectivity index (χ2v) is 6.79. The van der Waals surface area contributed by atoms with E-state index in [9.17, 15) is 0 Å². The molecule has 0 bridgehead atoms. The van der Waals surface area contributed by atoms with Crippen LogP contribution in [0.5, 0.6) is 17.2 Å². The minimum Gasteiger partial charge on any atom is -0.493 e. The van der Waals surface area contributed by atoms with E-state index in [-0.39, 0.29) is 0 Å². The summed E-state index contributed by atoms with van der Waals surface area (Å²) in [4.78, 5) is 4.71. The number of ether oxygens (including phenoxy) is 3. The van der Waals surface area contributed by atoms with Gasteiger partial charge in [0.2, 0.25) is 5.75 Å². The van der Waals surface area contributed by atoms with Gasteiger partial charge in [0, 0.05) is 25.2 Å². The fourth-order valence-corrected chi connectivity index (χ4v) is 3.46. The smallest absolute Gasteiger partial charge is 0.203 e. The fraction of sp³-hybridized carbons (Fsp3) is 0.591. The molecule has 1 aliphatic carbocycles. The van der Waals surface area contributed by atoms with Gasteiger partial charge in [0.25, 0.3) is 0 Å². The van der Waals surface area contributed by atoms with E-state index in [4.69, 9.17) is 19.2 Å². The van der Waals surface area contributed by atoms with Crippen LogP contribution < -0.4 is 24.8 Å². The zero-order valence-electron chi connectivity index (χ0n) is 17.8. The molecule has 2 N–H and O–H groups in total. The molecule has 0 radical (unpaired) electrons. The van der Waals surface area contributed by atoms with Crippen molar-refractivity contribution >= 4 is 5.96 Å². The number of nitrogens with zero attached hydrogens (tertiary/aromatic N) is 1. The maximum absolute atomic E-state index is 5.56. The van der Waals surface area contributed by atoms with E-state index in [0.29, 0.717) is 23.8 Å². The van der Waals surface area contributed by atoms with E-state index in [1.54, 1.807) is 26.9 Å². The van der Waals surface area contributed by atoms with Gasteiger partial charge in [-0.25, -0.2) is 0 Å². The van der Waals surface area contributed by atoms with Crippen LogP contribution in [0.1, 0.15) is 44.6 Å². The molecular weight excluding hydrogens is 354 g/mol. The van der Waals surface area contributed by atoms with Gasteiger partial charge in [0.05, 0.1) is 21.3 Å². The standard InChI is InChI=1S/C22H35N3O3/c1-5-23-22(24-15-13-17-9-7-6-8-10-17)25-16-14-18-11-12-19(26-2)21(28-4)20(18)27-3/h9,11-12H,5-8,10,13-16H2,1-4H3,(H2,23,24,25). The van der Waals surface area contributed by atoms with Crippen LogP contribution in [0.25, 0.3) is 0 Å². The first-order chi connectivity index (χ1) is 13.7. The first-order valence-corrected chi connectivity index (χ1v) is 10.2. The van der Waals surface area contributed by atoms with E-state index in [2.05, 4.69) is 23.6 Å². The van der Waals surface area contributed by atoms with Crippen molar-refractivity contribution in [1.82, 2.24) is 10.6 Å². The fourth-order valence-electron chi connectivity index (χ4n) is 3.46. The van der Waals surface area contributed by atoms with Crippen LogP contribution in [-0.2, 0) is 6.42 Å². The molecule has 1 aromatic carbocycles. The molecule has 0 aliphatic heterocycles. The topological polar surface area (TPSA) is 64.1 Å². The minimum atomic E-state index is 0.622. The predicted molar refractivity (Wildman–Crippen MR) is 115 cm³/mol. The summed E-state index contributed by atoms with van der Waals surface area (Å²) >= 11 is 0. The summed E-state index contributed by atoms with van der Waals surface area (Å²) in [6, 6.07) is 3.91. The number of nitrogens with one attached hydrogen (secondary N) is 2. The number of hydrogen-bond donors (Lipinski definition) is 2. The Morgan fingerprint density at radius 2 is 1.82 bits per heavy atom. The summed E-state index contributed by atoms with van der Waals surface area (Å²) in [5, 5.41) is 6.77. The summed E-state index contributed by atoms with van der Waals surface area (Å²) < 4.78 is 16.4. The second-order valence-electron chi connectivity index (χ2n) is 6.79. The number of aliphatic imine (C=N–C) groups is 1. The number of methoxy groups -OCH3 is 3. The molecule has 0 fully saturated rings. The third-order valence-electron chi connectivity index (χ3n) is 4.90. The molecule has 6 nitrogen and oxygen atoms in total. The Morgan fingerprint density at radius 1 is 1.00 bits per heavy atom. The monoisotopic (exact) mass is 389 g/mol. The van der Waals surface area contributed by atoms with Crippen molar-refractivity contribution in [3.8, 4) is 17.2 Å². The molecule has 0 spiro atoms. The average molecular weight is 390 g/mol. The van der Waals surface area contributed by atoms with E-state index in [1.807, 2.05) is 12.1 Å². The van der Waals surface area contributed by atoms with E-state index in [0.717, 1.165) is 37.5 Å². The number of rotatable bonds is 10. The summed E-state index contributed by atoms with van der Waals surface area (Å²) in [5.74, 6) is 2.86. The van der Waals surface area contributed by atoms with Gasteiger partial charge in [-0.3, -0.25) is 4.99 Å². The van der Waals surface area contributed by atoms with Gasteiger partial charge in [-0.05, 0) is 51.5 Å². The van der Waals surface area contributed by atoms with Gasteiger partial charge in [0.15, 0.2) is 17.5 Å². The normalized spacial score (nSPS) is 14.3. The lowest BCUT2D eigenvalue weighted by Gasteiger charge is -2.16. The van der Waals surface area contributed by atoms with Crippen molar-refractivity contribution in [1.29, 1.82) is 0 Å². The molecule has 0 unspecified atom stereocenters. The molecule has 0 saturated heterocycles. The molecule has 156 valence electrons. The van der Waals surface area contributed by atoms with Crippen LogP contribution in [-0.4, -0.2) is 46.9 Å². The first kappa shape index (κ1) is 21.9. The van der Waals surface area contributed by atoms with Crippen LogP contribution in [0, 0.1) is 0 Å². The van der Waals surface area contributed by atoms with Crippen LogP contribution in [0.2, 0.25) is 0 Å². The highest BCUT2D eigenvalue weighted by Crippen LogP contribution is 2.39. The largest absolute Gasteiger partial charge is 0.493 e. The van der Waals surface area contributed by atoms with Crippen molar-refractivity contribution in [3.05, 3.63) is 29.3 Å². The summed E-state index contributed by atoms with van der Waals surface area (Å²) in [5.41, 5.74) is 2.62. The van der Waals surface area contributed by atoms with E-state index < -0.39 is 0 Å². The van der Waals surface area contributed by atoms with E-state index in [1.165, 1.54) is 25.7 Å². The lowest BCUT2D eigenvalue weighted by Crippen LogP contribution is -2.38. The maximum atomic E-state index is 5.56. The number of guanidine groups is 1. The Hall–Kier alpha value is -2.37. The van der Waals surface area contributed by atoms with Crippen LogP contribution in [0.15, 0.2) is 28.8 Å². The van der Waals surface area contributed by atoms with Crippen molar-refractivity contribution < 1.29 is 14.2 Å². The molecule has 0 aromatic heterocycles. The van der Waals surface area contributed by atoms with Gasteiger partial charge >= 0.3 is 0 Å². The van der Waals surface area contributed by atoms with Gasteiger partial charge < -0.3 is 24.8 Å². The third kappa shape index (κ3) is 6.36. The number of benzene rings is 1. The van der Waals surface area contributed by atoms with Crippen molar-refractivity contribution in [3.63, 3.8) is 0 Å². The van der Waals surface area contributed by atoms with Crippen LogP contribution in [0.3, 0.4) is 0 Å². The highest BCUT2D eigenvalue weighted by molar-refractivity contribution is 5.79. The van der Waals surface area contributed by atoms with Crippen LogP contribution in [0.4, 0.5) is 0 Å². The highest BCUT2D eigenvalue weighted by atomic mass is 16.5. The Bertz CT molecular complexity index is 671. The summed E-state index contributed by atoms with van der Waals surface area (Å²) in [6.07, 6.45) is 9.39. The Kier molecular flexibility index (Phi) is 9.52. The van der Waals surface area contributed by atoms with Crippen molar-refractivity contribution in [2.24, 2.45) is 4.99 Å². The summed E-state index contributed by atoms with van der Waals surface area (Å²) in [7, 11) is 4.89. The molecule has 28 heavy (non-hydrogen) atoms. The predicted octanol–water partition coefficient (Wildman–Crippen LogP) is 3.70. The molecule has 0 heterocycles. The lowest BCUT2D eigenvalue weighted by molar-refractivity contribution is 0.322. The van der Waals surface area contributed by atoms with Crippen molar-refractivity contribution in [2.45, 2.75) is 45.4 Å². The zero-order chi connectivity index (χ0) is 20.2. The Labute approximate surface area is 169 Å². The first-order valence-electron chi connectivity index (χ1n) is 10.2. The maximum Gasteiger partial charge on any atom is 0.203 e. The van der Waals surface area contributed by atoms with Gasteiger partial charge in [-0.1, -0.05) is 17.7 Å². The zero-order valence-corrected chi connectivity index (χ0v) is 17.8. The quantitative estimate of drug-likeness (QED) is 0.363. The molecule has 6 heteroatoms.